The maximum absolute atomic E-state index is 9.63. The van der Waals surface area contributed by atoms with E-state index >= 15 is 0 Å². The molecule has 0 atom stereocenters. The first-order valence-corrected chi connectivity index (χ1v) is 5.78. The molecule has 0 bridgehead atoms. The first-order chi connectivity index (χ1) is 8.74. The molecule has 1 aliphatic rings. The van der Waals surface area contributed by atoms with Gasteiger partial charge < -0.3 is 9.84 Å². The van der Waals surface area contributed by atoms with Crippen LogP contribution in [-0.2, 0) is 0 Å². The number of nitrogens with zero attached hydrogens (tertiary/aromatic N) is 2. The summed E-state index contributed by atoms with van der Waals surface area (Å²) in [4.78, 5) is 4.32. The van der Waals surface area contributed by atoms with Gasteiger partial charge in [0.15, 0.2) is 11.5 Å². The monoisotopic (exact) mass is 242 g/mol. The molecule has 0 fully saturated rings. The first kappa shape index (κ1) is 12.2. The average Bonchev–Trinajstić information content (AvgIpc) is 2.84. The third-order valence-electron chi connectivity index (χ3n) is 2.90. The number of aromatic hydroxyl groups is 1. The third kappa shape index (κ3) is 2.51. The Morgan fingerprint density at radius 1 is 1.44 bits per heavy atom. The van der Waals surface area contributed by atoms with Gasteiger partial charge >= 0.3 is 0 Å². The second-order valence-corrected chi connectivity index (χ2v) is 4.08. The van der Waals surface area contributed by atoms with Crippen molar-refractivity contribution in [1.29, 1.82) is 5.26 Å². The van der Waals surface area contributed by atoms with Crippen molar-refractivity contribution in [1.82, 2.24) is 0 Å². The van der Waals surface area contributed by atoms with Gasteiger partial charge in [-0.25, -0.2) is 0 Å². The quantitative estimate of drug-likeness (QED) is 0.829. The van der Waals surface area contributed by atoms with Crippen LogP contribution in [0, 0.1) is 11.3 Å². The standard InChI is InChI=1S/C14H14N2O2/c1-18-14-6-5-10(7-13(14)17)9-16-12-4-2-3-11(12)8-15/h5-7,9,17H,2-4H2,1H3. The predicted molar refractivity (Wildman–Crippen MR) is 68.7 cm³/mol. The largest absolute Gasteiger partial charge is 0.504 e. The summed E-state index contributed by atoms with van der Waals surface area (Å²) in [5.74, 6) is 0.521. The summed E-state index contributed by atoms with van der Waals surface area (Å²) in [5, 5.41) is 18.5. The Hall–Kier alpha value is -2.28. The van der Waals surface area contributed by atoms with E-state index in [0.717, 1.165) is 36.1 Å². The Kier molecular flexibility index (Phi) is 3.63. The number of nitriles is 1. The molecule has 0 aliphatic heterocycles. The molecule has 4 heteroatoms. The van der Waals surface area contributed by atoms with Gasteiger partial charge in [0.05, 0.1) is 24.4 Å². The van der Waals surface area contributed by atoms with Gasteiger partial charge in [0.25, 0.3) is 0 Å². The van der Waals surface area contributed by atoms with Gasteiger partial charge in [-0.1, -0.05) is 0 Å². The number of aliphatic imine (C=N–C) groups is 1. The summed E-state index contributed by atoms with van der Waals surface area (Å²) in [7, 11) is 1.51. The second kappa shape index (κ2) is 5.37. The fourth-order valence-corrected chi connectivity index (χ4v) is 1.93. The molecule has 2 rings (SSSR count). The number of hydrogen-bond donors (Lipinski definition) is 1. The highest BCUT2D eigenvalue weighted by atomic mass is 16.5. The van der Waals surface area contributed by atoms with Gasteiger partial charge in [-0.15, -0.1) is 0 Å². The summed E-state index contributed by atoms with van der Waals surface area (Å²) in [6.07, 6.45) is 4.32. The van der Waals surface area contributed by atoms with Crippen LogP contribution >= 0.6 is 0 Å². The molecule has 1 aromatic carbocycles. The molecule has 4 nitrogen and oxygen atoms in total. The SMILES string of the molecule is COc1ccc(C=NC2=C(C#N)CCC2)cc1O. The van der Waals surface area contributed by atoms with Crippen molar-refractivity contribution in [2.45, 2.75) is 19.3 Å². The van der Waals surface area contributed by atoms with E-state index < -0.39 is 0 Å². The molecule has 0 saturated carbocycles. The zero-order valence-electron chi connectivity index (χ0n) is 10.2. The fourth-order valence-electron chi connectivity index (χ4n) is 1.93. The van der Waals surface area contributed by atoms with Gasteiger partial charge in [-0.05, 0) is 43.0 Å². The molecule has 1 aliphatic carbocycles. The number of phenols is 1. The number of phenolic OH excluding ortho intramolecular Hbond substituents is 1. The predicted octanol–water partition coefficient (Wildman–Crippen LogP) is 2.78. The van der Waals surface area contributed by atoms with Crippen LogP contribution in [0.25, 0.3) is 0 Å². The molecule has 92 valence electrons. The molecule has 0 unspecified atom stereocenters. The van der Waals surface area contributed by atoms with Crippen molar-refractivity contribution in [3.8, 4) is 17.6 Å². The summed E-state index contributed by atoms with van der Waals surface area (Å²) in [6, 6.07) is 7.26. The molecule has 0 saturated heterocycles. The Morgan fingerprint density at radius 2 is 2.28 bits per heavy atom. The number of hydrogen-bond acceptors (Lipinski definition) is 4. The van der Waals surface area contributed by atoms with Crippen molar-refractivity contribution in [3.05, 3.63) is 35.0 Å². The van der Waals surface area contributed by atoms with Gasteiger partial charge in [0, 0.05) is 6.21 Å². The normalized spacial score (nSPS) is 15.1. The smallest absolute Gasteiger partial charge is 0.160 e. The number of rotatable bonds is 3. The number of methoxy groups -OCH3 is 1. The van der Waals surface area contributed by atoms with E-state index in [2.05, 4.69) is 11.1 Å². The average molecular weight is 242 g/mol. The summed E-state index contributed by atoms with van der Waals surface area (Å²) >= 11 is 0. The molecule has 18 heavy (non-hydrogen) atoms. The van der Waals surface area contributed by atoms with Gasteiger partial charge in [0.2, 0.25) is 0 Å². The van der Waals surface area contributed by atoms with Gasteiger partial charge in [-0.3, -0.25) is 4.99 Å². The molecular formula is C14H14N2O2. The molecule has 0 heterocycles. The minimum atomic E-state index is 0.0855. The lowest BCUT2D eigenvalue weighted by Gasteiger charge is -2.03. The minimum Gasteiger partial charge on any atom is -0.504 e. The molecule has 0 spiro atoms. The van der Waals surface area contributed by atoms with Crippen molar-refractivity contribution >= 4 is 6.21 Å². The van der Waals surface area contributed by atoms with Crippen molar-refractivity contribution < 1.29 is 9.84 Å². The molecule has 0 amide bonds. The lowest BCUT2D eigenvalue weighted by Crippen LogP contribution is -1.87. The molecule has 1 N–H and O–H groups in total. The summed E-state index contributed by atoms with van der Waals surface area (Å²) in [6.45, 7) is 0. The van der Waals surface area contributed by atoms with E-state index in [1.807, 2.05) is 6.07 Å². The molecule has 0 radical (unpaired) electrons. The lowest BCUT2D eigenvalue weighted by atomic mass is 10.2. The Bertz CT molecular complexity index is 553. The van der Waals surface area contributed by atoms with Crippen molar-refractivity contribution in [2.75, 3.05) is 7.11 Å². The van der Waals surface area contributed by atoms with E-state index in [0.29, 0.717) is 5.75 Å². The number of benzene rings is 1. The van der Waals surface area contributed by atoms with E-state index in [-0.39, 0.29) is 5.75 Å². The first-order valence-electron chi connectivity index (χ1n) is 5.78. The second-order valence-electron chi connectivity index (χ2n) is 4.08. The Labute approximate surface area is 106 Å². The number of ether oxygens (including phenoxy) is 1. The van der Waals surface area contributed by atoms with Crippen LogP contribution in [0.3, 0.4) is 0 Å². The highest BCUT2D eigenvalue weighted by Crippen LogP contribution is 2.27. The lowest BCUT2D eigenvalue weighted by molar-refractivity contribution is 0.373. The summed E-state index contributed by atoms with van der Waals surface area (Å²) in [5.41, 5.74) is 2.40. The third-order valence-corrected chi connectivity index (χ3v) is 2.90. The zero-order chi connectivity index (χ0) is 13.0. The summed E-state index contributed by atoms with van der Waals surface area (Å²) < 4.78 is 4.97. The van der Waals surface area contributed by atoms with E-state index in [1.54, 1.807) is 18.3 Å². The molecular weight excluding hydrogens is 228 g/mol. The zero-order valence-corrected chi connectivity index (χ0v) is 10.2. The molecule has 1 aromatic rings. The molecule has 0 aromatic heterocycles. The Balaban J connectivity index is 2.20. The highest BCUT2D eigenvalue weighted by molar-refractivity contribution is 5.81. The van der Waals surface area contributed by atoms with E-state index in [4.69, 9.17) is 10.00 Å². The highest BCUT2D eigenvalue weighted by Gasteiger charge is 2.12. The maximum Gasteiger partial charge on any atom is 0.160 e. The topological polar surface area (TPSA) is 65.6 Å². The van der Waals surface area contributed by atoms with Gasteiger partial charge in [0.1, 0.15) is 0 Å². The maximum atomic E-state index is 9.63. The van der Waals surface area contributed by atoms with Crippen molar-refractivity contribution in [3.63, 3.8) is 0 Å². The fraction of sp³-hybridized carbons (Fsp3) is 0.286. The van der Waals surface area contributed by atoms with E-state index in [1.165, 1.54) is 7.11 Å². The van der Waals surface area contributed by atoms with Crippen LogP contribution in [0.4, 0.5) is 0 Å². The van der Waals surface area contributed by atoms with Crippen LogP contribution in [0.1, 0.15) is 24.8 Å². The van der Waals surface area contributed by atoms with E-state index in [9.17, 15) is 5.11 Å². The van der Waals surface area contributed by atoms with Crippen LogP contribution in [-0.4, -0.2) is 18.4 Å². The Morgan fingerprint density at radius 3 is 2.94 bits per heavy atom. The van der Waals surface area contributed by atoms with Crippen LogP contribution in [0.15, 0.2) is 34.5 Å². The van der Waals surface area contributed by atoms with Crippen LogP contribution < -0.4 is 4.74 Å². The van der Waals surface area contributed by atoms with Crippen LogP contribution in [0.5, 0.6) is 11.5 Å². The van der Waals surface area contributed by atoms with Gasteiger partial charge in [-0.2, -0.15) is 5.26 Å². The van der Waals surface area contributed by atoms with Crippen LogP contribution in [0.2, 0.25) is 0 Å². The number of allylic oxidation sites excluding steroid dienone is 2. The van der Waals surface area contributed by atoms with Crippen molar-refractivity contribution in [2.24, 2.45) is 4.99 Å². The minimum absolute atomic E-state index is 0.0855.